The molecule has 10 nitrogen and oxygen atoms in total. The van der Waals surface area contributed by atoms with Crippen LogP contribution in [0.4, 0.5) is 45.5 Å². The maximum Gasteiger partial charge on any atom is 0.213 e. The molecule has 370 valence electrons. The number of fused-ring (bicyclic) bond motifs is 4. The molecule has 0 bridgehead atoms. The number of aliphatic imine (C=N–C) groups is 3. The molecule has 2 atom stereocenters. The molecule has 77 heavy (non-hydrogen) atoms. The number of nitrogens with zero attached hydrogens (tertiary/aromatic N) is 5. The van der Waals surface area contributed by atoms with Gasteiger partial charge in [0.2, 0.25) is 11.9 Å². The fourth-order valence-electron chi connectivity index (χ4n) is 13.6. The minimum absolute atomic E-state index is 0.186. The fraction of sp³-hybridized carbons (Fsp3) is 0.119. The smallest absolute Gasteiger partial charge is 0.213 e. The quantitative estimate of drug-likeness (QED) is 0.161. The van der Waals surface area contributed by atoms with E-state index in [-0.39, 0.29) is 33.8 Å². The number of nitrogens with one attached hydrogen (secondary N) is 3. The van der Waals surface area contributed by atoms with E-state index in [2.05, 4.69) is 193 Å². The molecule has 16 rings (SSSR count). The van der Waals surface area contributed by atoms with Gasteiger partial charge in [0.25, 0.3) is 0 Å². The summed E-state index contributed by atoms with van der Waals surface area (Å²) in [6.07, 6.45) is 10.2. The molecular weight excluding hydrogens is 949 g/mol. The Labute approximate surface area is 445 Å². The second-order valence-corrected chi connectivity index (χ2v) is 22.0. The molecule has 0 saturated heterocycles. The second kappa shape index (κ2) is 15.5. The Hall–Kier alpha value is -9.67. The Kier molecular flexibility index (Phi) is 8.77. The maximum absolute atomic E-state index is 14.6. The molecule has 2 unspecified atom stereocenters. The number of guanidine groups is 2. The molecular formula is C67H48N8O2-2. The summed E-state index contributed by atoms with van der Waals surface area (Å²) in [5.41, 5.74) is 17.1. The molecule has 0 amide bonds. The highest BCUT2D eigenvalue weighted by atomic mass is 16.3. The molecule has 3 N–H and O–H groups in total. The molecule has 8 aromatic rings. The molecule has 0 spiro atoms. The molecule has 5 aliphatic heterocycles. The standard InChI is InChI=1S/C67H50N8O2/c1-66(2)42-19-5-9-26-52(42)74(53-27-10-6-20-43(53)66)64-70-47-24-14-17-37-40(31-34-50(72-64)57(37)47)60-61(76)59(62(60)77)39-30-33-49-56-36(39)16-13-23-46(56)68-63(69-49)41-32-35-51-58-38(41)18-15-25-48(58)71-65(73-51)75-54-28-11-7-21-44(54)67(3,4)45-22-8-12-29-55(45)75/h5-36,39,76-77H,1-4H3,(H,68,69)(H,70,72)(H,71,73)/p-2. The maximum atomic E-state index is 14.6. The van der Waals surface area contributed by atoms with Crippen LogP contribution in [0.1, 0.15) is 61.1 Å². The molecule has 0 fully saturated rings. The third-order valence-corrected chi connectivity index (χ3v) is 17.3. The van der Waals surface area contributed by atoms with Crippen LogP contribution in [0.25, 0.3) is 27.1 Å². The lowest BCUT2D eigenvalue weighted by Crippen LogP contribution is -2.40. The number of amidine groups is 1. The van der Waals surface area contributed by atoms with Crippen molar-refractivity contribution in [1.82, 2.24) is 5.32 Å². The van der Waals surface area contributed by atoms with Gasteiger partial charge in [0.15, 0.2) is 0 Å². The Morgan fingerprint density at radius 3 is 1.47 bits per heavy atom. The van der Waals surface area contributed by atoms with Crippen molar-refractivity contribution < 1.29 is 10.2 Å². The van der Waals surface area contributed by atoms with Gasteiger partial charge in [-0.25, -0.2) is 15.0 Å². The number of hydrogen-bond donors (Lipinski definition) is 3. The van der Waals surface area contributed by atoms with Gasteiger partial charge in [-0.15, -0.1) is 0 Å². The largest absolute Gasteiger partial charge is 0.872 e. The Bertz CT molecular complexity index is 4270. The molecule has 8 aromatic carbocycles. The molecule has 10 heteroatoms. The lowest BCUT2D eigenvalue weighted by molar-refractivity contribution is -0.325. The van der Waals surface area contributed by atoms with Gasteiger partial charge in [-0.2, -0.15) is 0 Å². The summed E-state index contributed by atoms with van der Waals surface area (Å²) in [7, 11) is 0. The lowest BCUT2D eigenvalue weighted by atomic mass is 9.69. The highest BCUT2D eigenvalue weighted by Gasteiger charge is 2.42. The number of hydrogen-bond acceptors (Lipinski definition) is 10. The first-order valence-electron chi connectivity index (χ1n) is 26.4. The van der Waals surface area contributed by atoms with Crippen molar-refractivity contribution in [2.45, 2.75) is 38.5 Å². The molecule has 0 radical (unpaired) electrons. The third kappa shape index (κ3) is 5.92. The first-order valence-corrected chi connectivity index (χ1v) is 26.4. The number of benzene rings is 8. The predicted octanol–water partition coefficient (Wildman–Crippen LogP) is 13.0. The average Bonchev–Trinajstić information content (AvgIpc) is 3.58. The predicted molar refractivity (Wildman–Crippen MR) is 308 cm³/mol. The second-order valence-electron chi connectivity index (χ2n) is 22.0. The number of allylic oxidation sites excluding steroid dienone is 8. The summed E-state index contributed by atoms with van der Waals surface area (Å²) >= 11 is 0. The number of rotatable bonds is 3. The summed E-state index contributed by atoms with van der Waals surface area (Å²) in [5.74, 6) is 0.999. The van der Waals surface area contributed by atoms with Crippen molar-refractivity contribution in [3.05, 3.63) is 256 Å². The Morgan fingerprint density at radius 2 is 0.948 bits per heavy atom. The minimum atomic E-state index is -0.450. The van der Waals surface area contributed by atoms with Crippen LogP contribution in [0.3, 0.4) is 0 Å². The lowest BCUT2D eigenvalue weighted by Gasteiger charge is -2.46. The van der Waals surface area contributed by atoms with Crippen LogP contribution in [0.2, 0.25) is 0 Å². The van der Waals surface area contributed by atoms with Gasteiger partial charge >= 0.3 is 0 Å². The zero-order valence-electron chi connectivity index (χ0n) is 42.6. The van der Waals surface area contributed by atoms with Gasteiger partial charge in [-0.3, -0.25) is 9.80 Å². The zero-order valence-corrected chi connectivity index (χ0v) is 42.6. The summed E-state index contributed by atoms with van der Waals surface area (Å²) in [6.45, 7) is 9.11. The van der Waals surface area contributed by atoms with Crippen molar-refractivity contribution in [1.29, 1.82) is 0 Å². The highest BCUT2D eigenvalue weighted by molar-refractivity contribution is 6.25. The monoisotopic (exact) mass is 996 g/mol. The van der Waals surface area contributed by atoms with Crippen LogP contribution in [-0.4, -0.2) is 17.8 Å². The van der Waals surface area contributed by atoms with Crippen molar-refractivity contribution in [2.75, 3.05) is 20.4 Å². The van der Waals surface area contributed by atoms with Crippen molar-refractivity contribution >= 4 is 90.4 Å². The van der Waals surface area contributed by atoms with Gasteiger partial charge in [0.1, 0.15) is 5.84 Å². The van der Waals surface area contributed by atoms with Crippen LogP contribution >= 0.6 is 0 Å². The van der Waals surface area contributed by atoms with Crippen LogP contribution < -0.4 is 36.0 Å². The van der Waals surface area contributed by atoms with Crippen LogP contribution in [-0.2, 0) is 10.8 Å². The van der Waals surface area contributed by atoms with E-state index in [0.29, 0.717) is 22.9 Å². The van der Waals surface area contributed by atoms with E-state index < -0.39 is 5.92 Å². The van der Waals surface area contributed by atoms with Gasteiger partial charge in [0.05, 0.1) is 51.2 Å². The average molecular weight is 997 g/mol. The third-order valence-electron chi connectivity index (χ3n) is 17.3. The van der Waals surface area contributed by atoms with E-state index in [0.717, 1.165) is 95.5 Å². The number of anilines is 6. The highest BCUT2D eigenvalue weighted by Crippen LogP contribution is 2.55. The van der Waals surface area contributed by atoms with Gasteiger partial charge in [-0.1, -0.05) is 166 Å². The van der Waals surface area contributed by atoms with Crippen molar-refractivity contribution in [3.8, 4) is 0 Å². The molecule has 8 aliphatic rings. The first-order chi connectivity index (χ1) is 37.5. The van der Waals surface area contributed by atoms with Crippen molar-refractivity contribution in [3.63, 3.8) is 0 Å². The Balaban J connectivity index is 0.713. The van der Waals surface area contributed by atoms with Crippen LogP contribution in [0.5, 0.6) is 0 Å². The van der Waals surface area contributed by atoms with Crippen LogP contribution in [0.15, 0.2) is 237 Å². The SMILES string of the molecule is CC1(C)c2ccccc2N(C2=Nc3cccc4c(C5=NC6=C7C(=CC=CC7C(C7=C([O-])C(c8ccc9c%10c(cccc8%10)N=C(N8c%10ccccc%10C(C)(C)c%10ccccc%108)N9)=C7[O-])C=C6)N5)ccc(c34)N2)c2ccccc21. The summed E-state index contributed by atoms with van der Waals surface area (Å²) in [5, 5.41) is 44.1. The van der Waals surface area contributed by atoms with E-state index in [1.54, 1.807) is 0 Å². The zero-order chi connectivity index (χ0) is 51.6. The molecule has 5 heterocycles. The van der Waals surface area contributed by atoms with E-state index in [9.17, 15) is 10.2 Å². The van der Waals surface area contributed by atoms with Gasteiger partial charge in [0, 0.05) is 50.3 Å². The minimum Gasteiger partial charge on any atom is -0.872 e. The van der Waals surface area contributed by atoms with E-state index >= 15 is 0 Å². The van der Waals surface area contributed by atoms with Crippen LogP contribution in [0, 0.1) is 11.8 Å². The Morgan fingerprint density at radius 1 is 0.468 bits per heavy atom. The molecule has 0 saturated carbocycles. The summed E-state index contributed by atoms with van der Waals surface area (Å²) < 4.78 is 0. The molecule has 3 aliphatic carbocycles. The molecule has 0 aromatic heterocycles. The number of para-hydroxylation sites is 4. The van der Waals surface area contributed by atoms with E-state index in [4.69, 9.17) is 15.0 Å². The summed E-state index contributed by atoms with van der Waals surface area (Å²) in [6, 6.07) is 54.6. The normalized spacial score (nSPS) is 20.3. The topological polar surface area (TPSA) is 126 Å². The van der Waals surface area contributed by atoms with Crippen molar-refractivity contribution in [2.24, 2.45) is 26.8 Å². The summed E-state index contributed by atoms with van der Waals surface area (Å²) in [4.78, 5) is 20.3. The van der Waals surface area contributed by atoms with E-state index in [1.807, 2.05) is 48.6 Å². The fourth-order valence-corrected chi connectivity index (χ4v) is 13.6. The van der Waals surface area contributed by atoms with Gasteiger partial charge < -0.3 is 26.2 Å². The van der Waals surface area contributed by atoms with Gasteiger partial charge in [-0.05, 0) is 111 Å². The van der Waals surface area contributed by atoms with E-state index in [1.165, 1.54) is 22.3 Å². The first kappa shape index (κ1) is 43.7.